The Morgan fingerprint density at radius 2 is 2.36 bits per heavy atom. The van der Waals surface area contributed by atoms with Crippen molar-refractivity contribution in [3.05, 3.63) is 29.6 Å². The quantitative estimate of drug-likeness (QED) is 0.695. The van der Waals surface area contributed by atoms with E-state index in [0.29, 0.717) is 0 Å². The number of pyridine rings is 1. The number of hydrogen-bond donors (Lipinski definition) is 1. The Morgan fingerprint density at radius 3 is 3.07 bits per heavy atom. The summed E-state index contributed by atoms with van der Waals surface area (Å²) < 4.78 is 4.95. The summed E-state index contributed by atoms with van der Waals surface area (Å²) in [6, 6.07) is 4.11. The van der Waals surface area contributed by atoms with Crippen LogP contribution in [0.4, 0.5) is 0 Å². The SMILES string of the molecule is CCc1cccnc1CNCCOC. The normalized spacial score (nSPS) is 10.4. The Labute approximate surface area is 85.5 Å². The molecule has 0 atom stereocenters. The predicted octanol–water partition coefficient (Wildman–Crippen LogP) is 1.38. The van der Waals surface area contributed by atoms with E-state index in [4.69, 9.17) is 4.74 Å². The van der Waals surface area contributed by atoms with Crippen LogP contribution in [0.1, 0.15) is 18.2 Å². The highest BCUT2D eigenvalue weighted by atomic mass is 16.5. The number of ether oxygens (including phenoxy) is 1. The zero-order valence-electron chi connectivity index (χ0n) is 8.92. The van der Waals surface area contributed by atoms with Crippen molar-refractivity contribution >= 4 is 0 Å². The summed E-state index contributed by atoms with van der Waals surface area (Å²) in [6.45, 7) is 4.59. The van der Waals surface area contributed by atoms with Crippen LogP contribution in [-0.4, -0.2) is 25.2 Å². The third-order valence-electron chi connectivity index (χ3n) is 2.14. The summed E-state index contributed by atoms with van der Waals surface area (Å²) in [6.07, 6.45) is 2.88. The van der Waals surface area contributed by atoms with Crippen molar-refractivity contribution in [3.8, 4) is 0 Å². The molecule has 3 heteroatoms. The predicted molar refractivity (Wildman–Crippen MR) is 57.2 cm³/mol. The van der Waals surface area contributed by atoms with Gasteiger partial charge in [0.25, 0.3) is 0 Å². The van der Waals surface area contributed by atoms with E-state index in [-0.39, 0.29) is 0 Å². The Morgan fingerprint density at radius 1 is 1.50 bits per heavy atom. The number of aryl methyl sites for hydroxylation is 1. The first-order valence-electron chi connectivity index (χ1n) is 5.01. The van der Waals surface area contributed by atoms with Crippen molar-refractivity contribution < 1.29 is 4.74 Å². The summed E-state index contributed by atoms with van der Waals surface area (Å²) in [7, 11) is 1.71. The molecule has 78 valence electrons. The molecule has 0 aliphatic heterocycles. The second-order valence-corrected chi connectivity index (χ2v) is 3.13. The molecule has 0 fully saturated rings. The minimum atomic E-state index is 0.744. The Kier molecular flexibility index (Phi) is 5.19. The number of nitrogens with zero attached hydrogens (tertiary/aromatic N) is 1. The van der Waals surface area contributed by atoms with Crippen LogP contribution in [0.2, 0.25) is 0 Å². The molecule has 1 N–H and O–H groups in total. The van der Waals surface area contributed by atoms with Gasteiger partial charge in [-0.25, -0.2) is 0 Å². The van der Waals surface area contributed by atoms with Gasteiger partial charge in [-0.15, -0.1) is 0 Å². The van der Waals surface area contributed by atoms with Crippen LogP contribution in [0.25, 0.3) is 0 Å². The molecule has 1 rings (SSSR count). The lowest BCUT2D eigenvalue weighted by atomic mass is 10.1. The highest BCUT2D eigenvalue weighted by Gasteiger charge is 1.99. The van der Waals surface area contributed by atoms with Crippen molar-refractivity contribution in [1.29, 1.82) is 0 Å². The third kappa shape index (κ3) is 3.44. The minimum absolute atomic E-state index is 0.744. The van der Waals surface area contributed by atoms with Gasteiger partial charge in [-0.3, -0.25) is 4.98 Å². The smallest absolute Gasteiger partial charge is 0.0587 e. The summed E-state index contributed by atoms with van der Waals surface area (Å²) in [5.41, 5.74) is 2.46. The zero-order valence-corrected chi connectivity index (χ0v) is 8.92. The molecule has 14 heavy (non-hydrogen) atoms. The van der Waals surface area contributed by atoms with Gasteiger partial charge in [0.2, 0.25) is 0 Å². The molecule has 0 amide bonds. The van der Waals surface area contributed by atoms with E-state index in [1.165, 1.54) is 5.56 Å². The first-order chi connectivity index (χ1) is 6.88. The Hall–Kier alpha value is -0.930. The van der Waals surface area contributed by atoms with Gasteiger partial charge in [-0.05, 0) is 18.1 Å². The summed E-state index contributed by atoms with van der Waals surface area (Å²) >= 11 is 0. The lowest BCUT2D eigenvalue weighted by Crippen LogP contribution is -2.20. The molecule has 0 aliphatic rings. The van der Waals surface area contributed by atoms with E-state index < -0.39 is 0 Å². The molecular weight excluding hydrogens is 176 g/mol. The van der Waals surface area contributed by atoms with Crippen LogP contribution >= 0.6 is 0 Å². The van der Waals surface area contributed by atoms with Crippen molar-refractivity contribution in [2.24, 2.45) is 0 Å². The maximum atomic E-state index is 4.95. The first-order valence-corrected chi connectivity index (χ1v) is 5.01. The van der Waals surface area contributed by atoms with Crippen molar-refractivity contribution in [3.63, 3.8) is 0 Å². The topological polar surface area (TPSA) is 34.2 Å². The van der Waals surface area contributed by atoms with E-state index in [9.17, 15) is 0 Å². The van der Waals surface area contributed by atoms with Crippen LogP contribution < -0.4 is 5.32 Å². The number of aromatic nitrogens is 1. The van der Waals surface area contributed by atoms with Crippen LogP contribution in [-0.2, 0) is 17.7 Å². The summed E-state index contributed by atoms with van der Waals surface area (Å²) in [5, 5.41) is 3.29. The first kappa shape index (κ1) is 11.1. The number of rotatable bonds is 6. The molecule has 0 unspecified atom stereocenters. The van der Waals surface area contributed by atoms with Gasteiger partial charge in [0.1, 0.15) is 0 Å². The maximum Gasteiger partial charge on any atom is 0.0587 e. The molecule has 0 spiro atoms. The van der Waals surface area contributed by atoms with Crippen LogP contribution in [0.15, 0.2) is 18.3 Å². The van der Waals surface area contributed by atoms with Crippen LogP contribution in [0, 0.1) is 0 Å². The van der Waals surface area contributed by atoms with E-state index in [2.05, 4.69) is 23.3 Å². The molecular formula is C11H18N2O. The molecule has 1 aromatic rings. The van der Waals surface area contributed by atoms with Gasteiger partial charge >= 0.3 is 0 Å². The zero-order chi connectivity index (χ0) is 10.2. The molecule has 1 heterocycles. The molecule has 0 radical (unpaired) electrons. The third-order valence-corrected chi connectivity index (χ3v) is 2.14. The van der Waals surface area contributed by atoms with E-state index in [1.807, 2.05) is 12.3 Å². The van der Waals surface area contributed by atoms with Gasteiger partial charge in [0, 0.05) is 26.4 Å². The molecule has 0 aromatic carbocycles. The van der Waals surface area contributed by atoms with E-state index in [0.717, 1.165) is 31.8 Å². The van der Waals surface area contributed by atoms with Gasteiger partial charge in [0.05, 0.1) is 12.3 Å². The standard InChI is InChI=1S/C11H18N2O/c1-3-10-5-4-6-13-11(10)9-12-7-8-14-2/h4-6,12H,3,7-9H2,1-2H3. The summed E-state index contributed by atoms with van der Waals surface area (Å²) in [4.78, 5) is 4.34. The van der Waals surface area contributed by atoms with Crippen LogP contribution in [0.3, 0.4) is 0 Å². The van der Waals surface area contributed by atoms with E-state index in [1.54, 1.807) is 7.11 Å². The van der Waals surface area contributed by atoms with Crippen LogP contribution in [0.5, 0.6) is 0 Å². The average molecular weight is 194 g/mol. The molecule has 1 aromatic heterocycles. The molecule has 3 nitrogen and oxygen atoms in total. The highest BCUT2D eigenvalue weighted by molar-refractivity contribution is 5.19. The number of nitrogens with one attached hydrogen (secondary N) is 1. The summed E-state index contributed by atoms with van der Waals surface area (Å²) in [5.74, 6) is 0. The molecule has 0 aliphatic carbocycles. The van der Waals surface area contributed by atoms with Gasteiger partial charge in [-0.1, -0.05) is 13.0 Å². The monoisotopic (exact) mass is 194 g/mol. The number of hydrogen-bond acceptors (Lipinski definition) is 3. The lowest BCUT2D eigenvalue weighted by molar-refractivity contribution is 0.199. The second kappa shape index (κ2) is 6.51. The Bertz CT molecular complexity index is 263. The second-order valence-electron chi connectivity index (χ2n) is 3.13. The molecule has 0 saturated heterocycles. The maximum absolute atomic E-state index is 4.95. The van der Waals surface area contributed by atoms with Gasteiger partial charge < -0.3 is 10.1 Å². The van der Waals surface area contributed by atoms with Gasteiger partial charge in [0.15, 0.2) is 0 Å². The Balaban J connectivity index is 2.41. The van der Waals surface area contributed by atoms with E-state index >= 15 is 0 Å². The highest BCUT2D eigenvalue weighted by Crippen LogP contribution is 2.05. The molecule has 0 bridgehead atoms. The largest absolute Gasteiger partial charge is 0.383 e. The number of methoxy groups -OCH3 is 1. The fourth-order valence-electron chi connectivity index (χ4n) is 1.33. The van der Waals surface area contributed by atoms with Gasteiger partial charge in [-0.2, -0.15) is 0 Å². The van der Waals surface area contributed by atoms with Crippen molar-refractivity contribution in [2.75, 3.05) is 20.3 Å². The van der Waals surface area contributed by atoms with Crippen molar-refractivity contribution in [1.82, 2.24) is 10.3 Å². The minimum Gasteiger partial charge on any atom is -0.383 e. The lowest BCUT2D eigenvalue weighted by Gasteiger charge is -2.07. The van der Waals surface area contributed by atoms with Crippen molar-refractivity contribution in [2.45, 2.75) is 19.9 Å². The average Bonchev–Trinajstić information content (AvgIpc) is 2.25. The fourth-order valence-corrected chi connectivity index (χ4v) is 1.33. The fraction of sp³-hybridized carbons (Fsp3) is 0.545. The molecule has 0 saturated carbocycles.